The summed E-state index contributed by atoms with van der Waals surface area (Å²) in [5.74, 6) is -0.889. The van der Waals surface area contributed by atoms with Crippen molar-refractivity contribution in [2.24, 2.45) is 5.41 Å². The van der Waals surface area contributed by atoms with Crippen molar-refractivity contribution >= 4 is 17.3 Å². The molecule has 2 N–H and O–H groups in total. The van der Waals surface area contributed by atoms with Gasteiger partial charge in [0, 0.05) is 23.9 Å². The Labute approximate surface area is 124 Å². The third-order valence-electron chi connectivity index (χ3n) is 3.07. The number of non-ortho nitro benzene ring substituents is 1. The molecule has 0 aliphatic carbocycles. The number of nitrogens with zero attached hydrogens (tertiary/aromatic N) is 1. The smallest absolute Gasteiger partial charge is 0.305 e. The largest absolute Gasteiger partial charge is 0.481 e. The van der Waals surface area contributed by atoms with Gasteiger partial charge < -0.3 is 10.4 Å². The summed E-state index contributed by atoms with van der Waals surface area (Å²) < 4.78 is 0. The number of anilines is 1. The summed E-state index contributed by atoms with van der Waals surface area (Å²) in [7, 11) is 0. The molecule has 0 fully saturated rings. The predicted octanol–water partition coefficient (Wildman–Crippen LogP) is 3.59. The number of rotatable bonds is 6. The van der Waals surface area contributed by atoms with E-state index in [1.165, 1.54) is 12.1 Å². The summed E-state index contributed by atoms with van der Waals surface area (Å²) in [6.07, 6.45) is 0.626. The number of nitrogens with one attached hydrogen (secondary N) is 1. The molecule has 1 atom stereocenters. The van der Waals surface area contributed by atoms with Crippen LogP contribution < -0.4 is 5.32 Å². The summed E-state index contributed by atoms with van der Waals surface area (Å²) in [4.78, 5) is 21.4. The van der Waals surface area contributed by atoms with Crippen molar-refractivity contribution < 1.29 is 14.8 Å². The first kappa shape index (κ1) is 16.9. The van der Waals surface area contributed by atoms with Crippen molar-refractivity contribution in [1.82, 2.24) is 0 Å². The van der Waals surface area contributed by atoms with Crippen LogP contribution in [0.2, 0.25) is 0 Å². The number of aryl methyl sites for hydroxylation is 1. The Bertz CT molecular complexity index is 535. The fourth-order valence-corrected chi connectivity index (χ4v) is 2.22. The predicted molar refractivity (Wildman–Crippen MR) is 81.6 cm³/mol. The molecule has 1 aromatic rings. The molecule has 0 aliphatic rings. The van der Waals surface area contributed by atoms with Gasteiger partial charge in [-0.15, -0.1) is 0 Å². The lowest BCUT2D eigenvalue weighted by Gasteiger charge is -2.27. The van der Waals surface area contributed by atoms with Gasteiger partial charge in [0.1, 0.15) is 0 Å². The van der Waals surface area contributed by atoms with E-state index in [1.54, 1.807) is 6.07 Å². The zero-order valence-corrected chi connectivity index (χ0v) is 12.8. The van der Waals surface area contributed by atoms with Crippen molar-refractivity contribution in [1.29, 1.82) is 0 Å². The molecular weight excluding hydrogens is 272 g/mol. The van der Waals surface area contributed by atoms with Gasteiger partial charge in [0.15, 0.2) is 0 Å². The highest BCUT2D eigenvalue weighted by atomic mass is 16.6. The second-order valence-corrected chi connectivity index (χ2v) is 6.46. The average molecular weight is 294 g/mol. The molecule has 6 heteroatoms. The van der Waals surface area contributed by atoms with Gasteiger partial charge in [0.2, 0.25) is 0 Å². The van der Waals surface area contributed by atoms with Gasteiger partial charge in [-0.2, -0.15) is 0 Å². The lowest BCUT2D eigenvalue weighted by molar-refractivity contribution is -0.384. The van der Waals surface area contributed by atoms with Gasteiger partial charge in [-0.3, -0.25) is 14.9 Å². The van der Waals surface area contributed by atoms with Crippen molar-refractivity contribution in [3.8, 4) is 0 Å². The first-order valence-electron chi connectivity index (χ1n) is 6.82. The molecule has 0 aliphatic heterocycles. The van der Waals surface area contributed by atoms with Crippen LogP contribution in [0.5, 0.6) is 0 Å². The van der Waals surface area contributed by atoms with Gasteiger partial charge in [-0.05, 0) is 24.3 Å². The van der Waals surface area contributed by atoms with Crippen molar-refractivity contribution in [2.45, 2.75) is 46.6 Å². The van der Waals surface area contributed by atoms with Crippen LogP contribution in [0.25, 0.3) is 0 Å². The summed E-state index contributed by atoms with van der Waals surface area (Å²) in [6.45, 7) is 7.93. The van der Waals surface area contributed by atoms with Gasteiger partial charge in [0.05, 0.1) is 11.3 Å². The fourth-order valence-electron chi connectivity index (χ4n) is 2.22. The van der Waals surface area contributed by atoms with Crippen molar-refractivity contribution in [3.63, 3.8) is 0 Å². The summed E-state index contributed by atoms with van der Waals surface area (Å²) in [5, 5.41) is 23.0. The standard InChI is InChI=1S/C15H22N2O4/c1-10-5-6-12(17(20)21)8-13(10)16-11(7-14(18)19)9-15(2,3)4/h5-6,8,11,16H,7,9H2,1-4H3,(H,18,19). The zero-order valence-electron chi connectivity index (χ0n) is 12.8. The van der Waals surface area contributed by atoms with Gasteiger partial charge in [0.25, 0.3) is 5.69 Å². The van der Waals surface area contributed by atoms with Crippen LogP contribution in [-0.4, -0.2) is 22.0 Å². The molecule has 116 valence electrons. The molecule has 0 saturated heterocycles. The van der Waals surface area contributed by atoms with E-state index in [0.29, 0.717) is 12.1 Å². The Morgan fingerprint density at radius 2 is 2.05 bits per heavy atom. The normalized spacial score (nSPS) is 12.8. The van der Waals surface area contributed by atoms with Gasteiger partial charge in [-0.1, -0.05) is 26.8 Å². The molecule has 0 spiro atoms. The molecule has 0 aromatic heterocycles. The molecule has 21 heavy (non-hydrogen) atoms. The average Bonchev–Trinajstić information content (AvgIpc) is 2.28. The molecule has 1 aromatic carbocycles. The Hall–Kier alpha value is -2.11. The molecular formula is C15H22N2O4. The van der Waals surface area contributed by atoms with Crippen LogP contribution in [-0.2, 0) is 4.79 Å². The lowest BCUT2D eigenvalue weighted by atomic mass is 9.87. The van der Waals surface area contributed by atoms with E-state index >= 15 is 0 Å². The summed E-state index contributed by atoms with van der Waals surface area (Å²) >= 11 is 0. The van der Waals surface area contributed by atoms with E-state index in [-0.39, 0.29) is 23.6 Å². The molecule has 1 rings (SSSR count). The summed E-state index contributed by atoms with van der Waals surface area (Å²) in [6, 6.07) is 4.28. The highest BCUT2D eigenvalue weighted by Gasteiger charge is 2.22. The van der Waals surface area contributed by atoms with E-state index in [9.17, 15) is 14.9 Å². The zero-order chi connectivity index (χ0) is 16.2. The molecule has 0 amide bonds. The molecule has 0 radical (unpaired) electrons. The van der Waals surface area contributed by atoms with Crippen molar-refractivity contribution in [2.75, 3.05) is 5.32 Å². The Balaban J connectivity index is 2.99. The van der Waals surface area contributed by atoms with E-state index in [2.05, 4.69) is 5.32 Å². The Morgan fingerprint density at radius 3 is 2.52 bits per heavy atom. The number of nitro benzene ring substituents is 1. The van der Waals surface area contributed by atoms with Crippen LogP contribution in [0.3, 0.4) is 0 Å². The van der Waals surface area contributed by atoms with Crippen LogP contribution in [0.1, 0.15) is 39.2 Å². The van der Waals surface area contributed by atoms with Crippen LogP contribution in [0.15, 0.2) is 18.2 Å². The van der Waals surface area contributed by atoms with E-state index in [1.807, 2.05) is 27.7 Å². The van der Waals surface area contributed by atoms with Gasteiger partial charge >= 0.3 is 5.97 Å². The fraction of sp³-hybridized carbons (Fsp3) is 0.533. The van der Waals surface area contributed by atoms with Crippen LogP contribution in [0, 0.1) is 22.5 Å². The molecule has 0 heterocycles. The number of hydrogen-bond acceptors (Lipinski definition) is 4. The minimum absolute atomic E-state index is 0.00654. The van der Waals surface area contributed by atoms with Gasteiger partial charge in [-0.25, -0.2) is 0 Å². The number of carboxylic acid groups (broad SMARTS) is 1. The number of nitro groups is 1. The monoisotopic (exact) mass is 294 g/mol. The second-order valence-electron chi connectivity index (χ2n) is 6.46. The molecule has 0 saturated carbocycles. The molecule has 0 bridgehead atoms. The third-order valence-corrected chi connectivity index (χ3v) is 3.07. The number of hydrogen-bond donors (Lipinski definition) is 2. The Morgan fingerprint density at radius 1 is 1.43 bits per heavy atom. The first-order chi connectivity index (χ1) is 9.58. The minimum Gasteiger partial charge on any atom is -0.481 e. The molecule has 1 unspecified atom stereocenters. The van der Waals surface area contributed by atoms with Crippen molar-refractivity contribution in [3.05, 3.63) is 33.9 Å². The first-order valence-corrected chi connectivity index (χ1v) is 6.82. The van der Waals surface area contributed by atoms with Crippen LogP contribution >= 0.6 is 0 Å². The number of carboxylic acids is 1. The summed E-state index contributed by atoms with van der Waals surface area (Å²) in [5.41, 5.74) is 1.42. The lowest BCUT2D eigenvalue weighted by Crippen LogP contribution is -2.28. The highest BCUT2D eigenvalue weighted by molar-refractivity contribution is 5.68. The minimum atomic E-state index is -0.889. The number of aliphatic carboxylic acids is 1. The highest BCUT2D eigenvalue weighted by Crippen LogP contribution is 2.27. The number of benzene rings is 1. The van der Waals surface area contributed by atoms with E-state index < -0.39 is 10.9 Å². The maximum absolute atomic E-state index is 11.0. The van der Waals surface area contributed by atoms with E-state index in [4.69, 9.17) is 5.11 Å². The Kier molecular flexibility index (Phi) is 5.29. The maximum atomic E-state index is 11.0. The number of carbonyl (C=O) groups is 1. The second kappa shape index (κ2) is 6.56. The van der Waals surface area contributed by atoms with Crippen LogP contribution in [0.4, 0.5) is 11.4 Å². The van der Waals surface area contributed by atoms with E-state index in [0.717, 1.165) is 5.56 Å². The SMILES string of the molecule is Cc1ccc([N+](=O)[O-])cc1NC(CC(=O)O)CC(C)(C)C. The molecule has 6 nitrogen and oxygen atoms in total. The quantitative estimate of drug-likeness (QED) is 0.617. The third kappa shape index (κ3) is 5.81. The maximum Gasteiger partial charge on any atom is 0.305 e. The topological polar surface area (TPSA) is 92.5 Å².